The van der Waals surface area contributed by atoms with E-state index in [2.05, 4.69) is 50.4 Å². The molecule has 3 aromatic rings. The van der Waals surface area contributed by atoms with Gasteiger partial charge in [-0.3, -0.25) is 9.69 Å². The maximum atomic E-state index is 12.4. The number of nitrogens with zero attached hydrogens (tertiary/aromatic N) is 3. The average molecular weight is 451 g/mol. The summed E-state index contributed by atoms with van der Waals surface area (Å²) >= 11 is 1.48. The van der Waals surface area contributed by atoms with Gasteiger partial charge in [-0.2, -0.15) is 0 Å². The summed E-state index contributed by atoms with van der Waals surface area (Å²) in [4.78, 5) is 21.9. The van der Waals surface area contributed by atoms with Crippen molar-refractivity contribution in [1.82, 2.24) is 15.2 Å². The Morgan fingerprint density at radius 1 is 1.03 bits per heavy atom. The van der Waals surface area contributed by atoms with Crippen molar-refractivity contribution in [2.75, 3.05) is 51.3 Å². The number of aromatic nitrogens is 1. The third kappa shape index (κ3) is 5.87. The number of piperazine rings is 1. The molecule has 7 heteroatoms. The Morgan fingerprint density at radius 2 is 1.78 bits per heavy atom. The van der Waals surface area contributed by atoms with Crippen LogP contribution in [0.1, 0.15) is 23.3 Å². The number of rotatable bonds is 9. The van der Waals surface area contributed by atoms with Gasteiger partial charge in [0.2, 0.25) is 0 Å². The molecule has 1 fully saturated rings. The molecule has 0 saturated carbocycles. The van der Waals surface area contributed by atoms with Crippen molar-refractivity contribution in [3.63, 3.8) is 0 Å². The summed E-state index contributed by atoms with van der Waals surface area (Å²) in [5, 5.41) is 5.67. The minimum atomic E-state index is -0.0995. The van der Waals surface area contributed by atoms with E-state index in [4.69, 9.17) is 4.74 Å². The molecule has 0 unspecified atom stereocenters. The van der Waals surface area contributed by atoms with Gasteiger partial charge in [0, 0.05) is 49.4 Å². The zero-order valence-electron chi connectivity index (χ0n) is 18.5. The Balaban J connectivity index is 1.13. The fourth-order valence-electron chi connectivity index (χ4n) is 3.87. The first-order valence-electron chi connectivity index (χ1n) is 11.1. The van der Waals surface area contributed by atoms with Gasteiger partial charge in [0.1, 0.15) is 16.5 Å². The maximum absolute atomic E-state index is 12.4. The number of benzene rings is 2. The van der Waals surface area contributed by atoms with E-state index >= 15 is 0 Å². The van der Waals surface area contributed by atoms with Gasteiger partial charge < -0.3 is 15.0 Å². The van der Waals surface area contributed by atoms with Gasteiger partial charge in [0.05, 0.1) is 7.11 Å². The van der Waals surface area contributed by atoms with Crippen LogP contribution in [0.3, 0.4) is 0 Å². The lowest BCUT2D eigenvalue weighted by Gasteiger charge is -2.36. The van der Waals surface area contributed by atoms with E-state index in [1.165, 1.54) is 17.0 Å². The van der Waals surface area contributed by atoms with Crippen LogP contribution in [0.5, 0.6) is 5.75 Å². The molecule has 1 N–H and O–H groups in total. The monoisotopic (exact) mass is 450 g/mol. The molecule has 1 amide bonds. The lowest BCUT2D eigenvalue weighted by Crippen LogP contribution is -2.46. The van der Waals surface area contributed by atoms with Crippen molar-refractivity contribution in [1.29, 1.82) is 0 Å². The molecule has 1 aliphatic rings. The number of carbonyl (C=O) groups is 1. The Morgan fingerprint density at radius 3 is 2.50 bits per heavy atom. The van der Waals surface area contributed by atoms with Gasteiger partial charge in [-0.1, -0.05) is 18.2 Å². The molecule has 1 aliphatic heterocycles. The molecule has 0 aliphatic carbocycles. The first-order valence-corrected chi connectivity index (χ1v) is 12.0. The van der Waals surface area contributed by atoms with Crippen LogP contribution in [0.2, 0.25) is 0 Å². The predicted molar refractivity (Wildman–Crippen MR) is 131 cm³/mol. The summed E-state index contributed by atoms with van der Waals surface area (Å²) in [7, 11) is 1.65. The fraction of sp³-hybridized carbons (Fsp3) is 0.360. The van der Waals surface area contributed by atoms with Gasteiger partial charge in [-0.05, 0) is 55.8 Å². The molecule has 0 bridgehead atoms. The molecule has 32 heavy (non-hydrogen) atoms. The van der Waals surface area contributed by atoms with E-state index < -0.39 is 0 Å². The van der Waals surface area contributed by atoms with E-state index in [9.17, 15) is 4.79 Å². The Kier molecular flexibility index (Phi) is 7.74. The fourth-order valence-corrected chi connectivity index (χ4v) is 4.67. The van der Waals surface area contributed by atoms with Gasteiger partial charge >= 0.3 is 0 Å². The molecular weight excluding hydrogens is 420 g/mol. The van der Waals surface area contributed by atoms with Crippen LogP contribution < -0.4 is 15.0 Å². The van der Waals surface area contributed by atoms with Crippen molar-refractivity contribution in [3.8, 4) is 16.3 Å². The highest BCUT2D eigenvalue weighted by molar-refractivity contribution is 7.13. The highest BCUT2D eigenvalue weighted by atomic mass is 32.1. The lowest BCUT2D eigenvalue weighted by atomic mass is 10.2. The summed E-state index contributed by atoms with van der Waals surface area (Å²) in [6.45, 7) is 6.08. The van der Waals surface area contributed by atoms with E-state index in [1.807, 2.05) is 29.6 Å². The highest BCUT2D eigenvalue weighted by Gasteiger charge is 2.16. The summed E-state index contributed by atoms with van der Waals surface area (Å²) in [6.07, 6.45) is 2.06. The summed E-state index contributed by atoms with van der Waals surface area (Å²) < 4.78 is 5.19. The van der Waals surface area contributed by atoms with Crippen LogP contribution in [-0.2, 0) is 0 Å². The molecule has 1 aromatic heterocycles. The van der Waals surface area contributed by atoms with Crippen molar-refractivity contribution in [2.45, 2.75) is 12.8 Å². The molecule has 0 radical (unpaired) electrons. The Hall–Kier alpha value is -2.90. The second-order valence-corrected chi connectivity index (χ2v) is 8.75. The number of hydrogen-bond acceptors (Lipinski definition) is 6. The Labute approximate surface area is 193 Å². The minimum absolute atomic E-state index is 0.0995. The van der Waals surface area contributed by atoms with Crippen LogP contribution in [0.15, 0.2) is 60.0 Å². The van der Waals surface area contributed by atoms with Crippen LogP contribution in [0.4, 0.5) is 5.69 Å². The highest BCUT2D eigenvalue weighted by Crippen LogP contribution is 2.25. The number of para-hydroxylation sites is 1. The smallest absolute Gasteiger partial charge is 0.270 e. The van der Waals surface area contributed by atoms with E-state index in [-0.39, 0.29) is 5.91 Å². The van der Waals surface area contributed by atoms with Crippen molar-refractivity contribution in [2.24, 2.45) is 0 Å². The molecular formula is C25H30N4O2S. The van der Waals surface area contributed by atoms with E-state index in [0.29, 0.717) is 12.2 Å². The predicted octanol–water partition coefficient (Wildman–Crippen LogP) is 4.15. The molecule has 2 heterocycles. The zero-order chi connectivity index (χ0) is 22.2. The minimum Gasteiger partial charge on any atom is -0.497 e. The number of hydrogen-bond donors (Lipinski definition) is 1. The number of methoxy groups -OCH3 is 1. The Bertz CT molecular complexity index is 983. The molecule has 4 rings (SSSR count). The second-order valence-electron chi connectivity index (χ2n) is 7.89. The lowest BCUT2D eigenvalue weighted by molar-refractivity contribution is 0.0948. The van der Waals surface area contributed by atoms with Crippen molar-refractivity contribution < 1.29 is 9.53 Å². The third-order valence-electron chi connectivity index (χ3n) is 5.75. The van der Waals surface area contributed by atoms with Gasteiger partial charge in [-0.15, -0.1) is 11.3 Å². The second kappa shape index (κ2) is 11.1. The van der Waals surface area contributed by atoms with Crippen molar-refractivity contribution >= 4 is 22.9 Å². The number of amides is 1. The maximum Gasteiger partial charge on any atom is 0.270 e. The topological polar surface area (TPSA) is 57.7 Å². The molecule has 168 valence electrons. The van der Waals surface area contributed by atoms with Crippen LogP contribution in [-0.4, -0.2) is 62.2 Å². The third-order valence-corrected chi connectivity index (χ3v) is 6.65. The number of carbonyl (C=O) groups excluding carboxylic acids is 1. The first kappa shape index (κ1) is 22.3. The summed E-state index contributed by atoms with van der Waals surface area (Å²) in [6, 6.07) is 18.3. The average Bonchev–Trinajstić information content (AvgIpc) is 3.35. The number of ether oxygens (including phenoxy) is 1. The SMILES string of the molecule is COc1ccc(-c2nc(C(=O)NCCCCN3CCN(c4ccccc4)CC3)cs2)cc1. The number of anilines is 1. The molecule has 2 aromatic carbocycles. The number of nitrogens with one attached hydrogen (secondary N) is 1. The van der Waals surface area contributed by atoms with Gasteiger partial charge in [0.25, 0.3) is 5.91 Å². The summed E-state index contributed by atoms with van der Waals surface area (Å²) in [5.41, 5.74) is 2.78. The molecule has 0 spiro atoms. The van der Waals surface area contributed by atoms with Crippen LogP contribution in [0, 0.1) is 0 Å². The van der Waals surface area contributed by atoms with Gasteiger partial charge in [0.15, 0.2) is 0 Å². The van der Waals surface area contributed by atoms with E-state index in [0.717, 1.165) is 61.9 Å². The number of thiazole rings is 1. The number of unbranched alkanes of at least 4 members (excludes halogenated alkanes) is 1. The first-order chi connectivity index (χ1) is 15.7. The standard InChI is InChI=1S/C25H30N4O2S/c1-31-22-11-9-20(10-12-22)25-27-23(19-32-25)24(30)26-13-5-6-14-28-15-17-29(18-16-28)21-7-3-2-4-8-21/h2-4,7-12,19H,5-6,13-18H2,1H3,(H,26,30). The molecule has 0 atom stereocenters. The van der Waals surface area contributed by atoms with E-state index in [1.54, 1.807) is 7.11 Å². The van der Waals surface area contributed by atoms with Crippen LogP contribution >= 0.6 is 11.3 Å². The zero-order valence-corrected chi connectivity index (χ0v) is 19.3. The quantitative estimate of drug-likeness (QED) is 0.497. The van der Waals surface area contributed by atoms with Crippen LogP contribution in [0.25, 0.3) is 10.6 Å². The summed E-state index contributed by atoms with van der Waals surface area (Å²) in [5.74, 6) is 0.707. The van der Waals surface area contributed by atoms with Gasteiger partial charge in [-0.25, -0.2) is 4.98 Å². The largest absolute Gasteiger partial charge is 0.497 e. The van der Waals surface area contributed by atoms with Crippen molar-refractivity contribution in [3.05, 3.63) is 65.7 Å². The molecule has 6 nitrogen and oxygen atoms in total. The molecule has 1 saturated heterocycles. The normalized spacial score (nSPS) is 14.3.